The lowest BCUT2D eigenvalue weighted by atomic mass is 9.80. The van der Waals surface area contributed by atoms with Crippen molar-refractivity contribution in [3.8, 4) is 0 Å². The topological polar surface area (TPSA) is 40.5 Å². The number of benzene rings is 1. The van der Waals surface area contributed by atoms with Gasteiger partial charge in [0.1, 0.15) is 0 Å². The van der Waals surface area contributed by atoms with Crippen LogP contribution in [0.4, 0.5) is 0 Å². The molecule has 0 spiro atoms. The van der Waals surface area contributed by atoms with Gasteiger partial charge in [0.15, 0.2) is 0 Å². The average molecular weight is 274 g/mol. The van der Waals surface area contributed by atoms with Gasteiger partial charge < -0.3 is 10.0 Å². The molecule has 0 unspecified atom stereocenters. The quantitative estimate of drug-likeness (QED) is 0.812. The van der Waals surface area contributed by atoms with E-state index in [2.05, 4.69) is 6.58 Å². The maximum atomic E-state index is 9.32. The molecule has 1 aromatic heterocycles. The molecule has 2 N–H and O–H groups in total. The van der Waals surface area contributed by atoms with Gasteiger partial charge in [0.05, 0.1) is 0 Å². The van der Waals surface area contributed by atoms with Crippen LogP contribution in [0.1, 0.15) is 20.8 Å². The highest BCUT2D eigenvalue weighted by Gasteiger charge is 2.15. The Morgan fingerprint density at radius 3 is 2.53 bits per heavy atom. The lowest BCUT2D eigenvalue weighted by Crippen LogP contribution is -2.29. The molecule has 1 heterocycles. The van der Waals surface area contributed by atoms with Crippen molar-refractivity contribution in [2.45, 2.75) is 20.8 Å². The maximum absolute atomic E-state index is 9.32. The second-order valence-corrected chi connectivity index (χ2v) is 4.79. The summed E-state index contributed by atoms with van der Waals surface area (Å²) in [5.74, 6) is 0. The van der Waals surface area contributed by atoms with Crippen molar-refractivity contribution < 1.29 is 10.0 Å². The third kappa shape index (κ3) is 3.35. The standard InChI is InChI=1S/C13H13BO2S.C2H6/c1-3-4-8-12-9(2)10-6-5-7-11(14(15)16)13(10)17-12;1-2/h3-8,15-16H,2H2,1H3;1-2H3/b4-3-,12-8+;. The molecule has 0 amide bonds. The van der Waals surface area contributed by atoms with Crippen LogP contribution in [-0.4, -0.2) is 17.2 Å². The fourth-order valence-corrected chi connectivity index (χ4v) is 2.92. The molecule has 0 aliphatic rings. The normalized spacial score (nSPS) is 11.7. The lowest BCUT2D eigenvalue weighted by Gasteiger charge is -1.99. The SMILES string of the molecule is C=c1/c(=C\C=C/C)sc2c(B(O)O)cccc12.CC. The second kappa shape index (κ2) is 7.29. The molecule has 100 valence electrons. The predicted octanol–water partition coefficient (Wildman–Crippen LogP) is 1.37. The van der Waals surface area contributed by atoms with Crippen LogP contribution in [0.15, 0.2) is 30.4 Å². The van der Waals surface area contributed by atoms with Crippen molar-refractivity contribution in [2.24, 2.45) is 0 Å². The number of hydrogen-bond acceptors (Lipinski definition) is 3. The molecule has 0 saturated heterocycles. The molecular weight excluding hydrogens is 255 g/mol. The number of rotatable bonds is 2. The first-order valence-corrected chi connectivity index (χ1v) is 7.16. The smallest absolute Gasteiger partial charge is 0.423 e. The van der Waals surface area contributed by atoms with Gasteiger partial charge in [0.2, 0.25) is 0 Å². The van der Waals surface area contributed by atoms with Crippen molar-refractivity contribution in [1.29, 1.82) is 0 Å². The van der Waals surface area contributed by atoms with E-state index in [1.165, 1.54) is 11.3 Å². The highest BCUT2D eigenvalue weighted by molar-refractivity contribution is 7.18. The first-order chi connectivity index (χ1) is 9.15. The zero-order chi connectivity index (χ0) is 14.4. The van der Waals surface area contributed by atoms with E-state index in [1.54, 1.807) is 6.07 Å². The largest absolute Gasteiger partial charge is 0.489 e. The Labute approximate surface area is 118 Å². The molecule has 0 atom stereocenters. The zero-order valence-corrected chi connectivity index (χ0v) is 12.4. The summed E-state index contributed by atoms with van der Waals surface area (Å²) in [6.45, 7) is 10.00. The van der Waals surface area contributed by atoms with E-state index in [9.17, 15) is 10.0 Å². The molecule has 0 fully saturated rings. The van der Waals surface area contributed by atoms with E-state index in [0.29, 0.717) is 5.46 Å². The molecule has 2 aromatic rings. The van der Waals surface area contributed by atoms with E-state index in [1.807, 2.05) is 51.1 Å². The third-order valence-corrected chi connectivity index (χ3v) is 3.86. The molecular formula is C15H19BO2S. The van der Waals surface area contributed by atoms with Gasteiger partial charge in [-0.05, 0) is 29.1 Å². The molecule has 19 heavy (non-hydrogen) atoms. The summed E-state index contributed by atoms with van der Waals surface area (Å²) < 4.78 is 1.94. The first-order valence-electron chi connectivity index (χ1n) is 6.34. The summed E-state index contributed by atoms with van der Waals surface area (Å²) in [5, 5.41) is 20.5. The molecule has 0 radical (unpaired) electrons. The molecule has 0 saturated carbocycles. The predicted molar refractivity (Wildman–Crippen MR) is 87.0 cm³/mol. The average Bonchev–Trinajstić information content (AvgIpc) is 2.75. The second-order valence-electron chi connectivity index (χ2n) is 3.73. The molecule has 4 heteroatoms. The van der Waals surface area contributed by atoms with Crippen LogP contribution in [0.25, 0.3) is 22.7 Å². The minimum absolute atomic E-state index is 0.539. The van der Waals surface area contributed by atoms with Crippen LogP contribution >= 0.6 is 11.3 Å². The van der Waals surface area contributed by atoms with E-state index in [0.717, 1.165) is 19.8 Å². The molecule has 1 aromatic carbocycles. The Kier molecular flexibility index (Phi) is 6.02. The van der Waals surface area contributed by atoms with Crippen molar-refractivity contribution in [2.75, 3.05) is 0 Å². The van der Waals surface area contributed by atoms with Crippen LogP contribution < -0.4 is 15.2 Å². The van der Waals surface area contributed by atoms with Crippen LogP contribution in [0, 0.1) is 0 Å². The van der Waals surface area contributed by atoms with E-state index in [-0.39, 0.29) is 0 Å². The van der Waals surface area contributed by atoms with E-state index in [4.69, 9.17) is 0 Å². The Hall–Kier alpha value is -1.36. The minimum atomic E-state index is -1.44. The van der Waals surface area contributed by atoms with Gasteiger partial charge in [-0.2, -0.15) is 0 Å². The zero-order valence-electron chi connectivity index (χ0n) is 11.6. The highest BCUT2D eigenvalue weighted by atomic mass is 32.1. The van der Waals surface area contributed by atoms with Crippen LogP contribution in [-0.2, 0) is 0 Å². The van der Waals surface area contributed by atoms with Crippen molar-refractivity contribution in [3.05, 3.63) is 40.1 Å². The summed E-state index contributed by atoms with van der Waals surface area (Å²) in [6, 6.07) is 5.49. The van der Waals surface area contributed by atoms with Gasteiger partial charge in [-0.1, -0.05) is 50.8 Å². The number of allylic oxidation sites excluding steroid dienone is 2. The highest BCUT2D eigenvalue weighted by Crippen LogP contribution is 2.10. The van der Waals surface area contributed by atoms with Gasteiger partial charge >= 0.3 is 7.12 Å². The molecule has 0 aliphatic heterocycles. The number of hydrogen-bond donors (Lipinski definition) is 2. The summed E-state index contributed by atoms with van der Waals surface area (Å²) in [4.78, 5) is 0. The molecule has 0 aliphatic carbocycles. The van der Waals surface area contributed by atoms with Crippen LogP contribution in [0.3, 0.4) is 0 Å². The summed E-state index contributed by atoms with van der Waals surface area (Å²) in [6.07, 6.45) is 5.89. The minimum Gasteiger partial charge on any atom is -0.423 e. The number of thiophene rings is 1. The van der Waals surface area contributed by atoms with Gasteiger partial charge in [-0.25, -0.2) is 0 Å². The monoisotopic (exact) mass is 274 g/mol. The van der Waals surface area contributed by atoms with Crippen LogP contribution in [0.2, 0.25) is 0 Å². The fraction of sp³-hybridized carbons (Fsp3) is 0.200. The van der Waals surface area contributed by atoms with Gasteiger partial charge in [-0.3, -0.25) is 0 Å². The Morgan fingerprint density at radius 1 is 1.26 bits per heavy atom. The lowest BCUT2D eigenvalue weighted by molar-refractivity contribution is 0.426. The summed E-state index contributed by atoms with van der Waals surface area (Å²) in [7, 11) is -1.44. The van der Waals surface area contributed by atoms with E-state index >= 15 is 0 Å². The third-order valence-electron chi connectivity index (χ3n) is 2.60. The maximum Gasteiger partial charge on any atom is 0.489 e. The van der Waals surface area contributed by atoms with E-state index < -0.39 is 7.12 Å². The van der Waals surface area contributed by atoms with Crippen molar-refractivity contribution in [3.63, 3.8) is 0 Å². The van der Waals surface area contributed by atoms with Gasteiger partial charge in [-0.15, -0.1) is 11.3 Å². The Bertz CT molecular complexity index is 671. The molecule has 2 rings (SSSR count). The van der Waals surface area contributed by atoms with Crippen molar-refractivity contribution >= 4 is 46.7 Å². The fourth-order valence-electron chi connectivity index (χ4n) is 1.73. The first kappa shape index (κ1) is 15.7. The van der Waals surface area contributed by atoms with Crippen molar-refractivity contribution in [1.82, 2.24) is 0 Å². The molecule has 2 nitrogen and oxygen atoms in total. The summed E-state index contributed by atoms with van der Waals surface area (Å²) in [5.41, 5.74) is 0.539. The Morgan fingerprint density at radius 2 is 1.95 bits per heavy atom. The Balaban J connectivity index is 0.000000861. The van der Waals surface area contributed by atoms with Gasteiger partial charge in [0.25, 0.3) is 0 Å². The van der Waals surface area contributed by atoms with Gasteiger partial charge in [0, 0.05) is 9.23 Å². The molecule has 0 bridgehead atoms. The van der Waals surface area contributed by atoms with Crippen LogP contribution in [0.5, 0.6) is 0 Å². The summed E-state index contributed by atoms with van der Waals surface area (Å²) >= 11 is 1.53. The number of fused-ring (bicyclic) bond motifs is 1.